The Bertz CT molecular complexity index is 1120. The van der Waals surface area contributed by atoms with Gasteiger partial charge in [0, 0.05) is 24.7 Å². The number of Topliss-reactive ketones (excluding diaryl/α,β-unsaturated/α-hetero) is 1. The van der Waals surface area contributed by atoms with Crippen LogP contribution < -0.4 is 15.9 Å². The number of carbonyl (C=O) groups excluding carboxylic acids is 1. The second-order valence-electron chi connectivity index (χ2n) is 8.31. The Balaban J connectivity index is 0.00000408. The first kappa shape index (κ1) is 28.2. The number of nitrogens with zero attached hydrogens (tertiary/aromatic N) is 3. The lowest BCUT2D eigenvalue weighted by Crippen LogP contribution is -2.46. The largest absolute Gasteiger partial charge is 0.496 e. The number of benzene rings is 1. The minimum atomic E-state index is -3.88. The van der Waals surface area contributed by atoms with Gasteiger partial charge in [0.2, 0.25) is 5.78 Å². The fourth-order valence-corrected chi connectivity index (χ4v) is 6.14. The third-order valence-electron chi connectivity index (χ3n) is 5.97. The molecule has 9 nitrogen and oxygen atoms in total. The van der Waals surface area contributed by atoms with Gasteiger partial charge >= 0.3 is 0 Å². The number of carbonyl (C=O) groups is 1. The number of nitrogens with one attached hydrogen (secondary N) is 1. The molecule has 188 valence electrons. The molecule has 0 bridgehead atoms. The van der Waals surface area contributed by atoms with E-state index in [1.54, 1.807) is 38.6 Å². The van der Waals surface area contributed by atoms with Gasteiger partial charge in [-0.05, 0) is 68.7 Å². The number of hydrazine groups is 1. The molecule has 1 aromatic heterocycles. The van der Waals surface area contributed by atoms with Crippen LogP contribution in [0.3, 0.4) is 0 Å². The SMILES string of the molecule is COc1cc(C)c(S(=O)(=O)N=CNN2CCC[C@H](C[C@H](N)C(=O)c3nccs3)C2)c(C)c1C.Cl. The zero-order chi connectivity index (χ0) is 24.2. The van der Waals surface area contributed by atoms with E-state index >= 15 is 0 Å². The monoisotopic (exact) mass is 529 g/mol. The van der Waals surface area contributed by atoms with Gasteiger partial charge in [-0.3, -0.25) is 4.79 Å². The minimum Gasteiger partial charge on any atom is -0.496 e. The van der Waals surface area contributed by atoms with Crippen molar-refractivity contribution in [3.05, 3.63) is 39.3 Å². The lowest BCUT2D eigenvalue weighted by molar-refractivity contribution is 0.0917. The molecule has 2 atom stereocenters. The topological polar surface area (TPSA) is 127 Å². The molecule has 3 rings (SSSR count). The first-order valence-corrected chi connectivity index (χ1v) is 13.1. The van der Waals surface area contributed by atoms with Crippen molar-refractivity contribution >= 4 is 45.9 Å². The smallest absolute Gasteiger partial charge is 0.284 e. The van der Waals surface area contributed by atoms with Gasteiger partial charge in [-0.25, -0.2) is 9.99 Å². The maximum absolute atomic E-state index is 12.9. The van der Waals surface area contributed by atoms with Crippen LogP contribution in [0, 0.1) is 26.7 Å². The van der Waals surface area contributed by atoms with Crippen molar-refractivity contribution in [1.82, 2.24) is 15.4 Å². The van der Waals surface area contributed by atoms with Crippen molar-refractivity contribution in [3.8, 4) is 5.75 Å². The van der Waals surface area contributed by atoms with E-state index in [4.69, 9.17) is 10.5 Å². The number of ketones is 1. The van der Waals surface area contributed by atoms with Gasteiger partial charge in [0.15, 0.2) is 5.01 Å². The van der Waals surface area contributed by atoms with Gasteiger partial charge in [0.05, 0.1) is 18.0 Å². The normalized spacial score (nSPS) is 17.9. The fourth-order valence-electron chi connectivity index (χ4n) is 4.20. The zero-order valence-electron chi connectivity index (χ0n) is 19.8. The van der Waals surface area contributed by atoms with E-state index in [1.807, 2.05) is 11.9 Å². The molecular formula is C22H32ClN5O4S2. The molecule has 0 radical (unpaired) electrons. The van der Waals surface area contributed by atoms with E-state index in [0.717, 1.165) is 24.9 Å². The summed E-state index contributed by atoms with van der Waals surface area (Å²) in [6.07, 6.45) is 5.23. The molecule has 0 saturated carbocycles. The second-order valence-corrected chi connectivity index (χ2v) is 10.8. The van der Waals surface area contributed by atoms with Crippen molar-refractivity contribution in [2.75, 3.05) is 20.2 Å². The Kier molecular flexibility index (Phi) is 10.0. The van der Waals surface area contributed by atoms with E-state index in [1.165, 1.54) is 17.7 Å². The number of piperidine rings is 1. The first-order chi connectivity index (χ1) is 15.6. The number of ether oxygens (including phenoxy) is 1. The highest BCUT2D eigenvalue weighted by Crippen LogP contribution is 2.31. The number of hydrogen-bond donors (Lipinski definition) is 2. The highest BCUT2D eigenvalue weighted by molar-refractivity contribution is 7.90. The third kappa shape index (κ3) is 6.54. The maximum atomic E-state index is 12.9. The van der Waals surface area contributed by atoms with Crippen molar-refractivity contribution < 1.29 is 17.9 Å². The molecule has 1 fully saturated rings. The summed E-state index contributed by atoms with van der Waals surface area (Å²) in [5, 5.41) is 4.10. The Morgan fingerprint density at radius 1 is 1.41 bits per heavy atom. The van der Waals surface area contributed by atoms with E-state index in [9.17, 15) is 13.2 Å². The van der Waals surface area contributed by atoms with E-state index in [0.29, 0.717) is 34.8 Å². The molecule has 0 unspecified atom stereocenters. The van der Waals surface area contributed by atoms with Crippen LogP contribution >= 0.6 is 23.7 Å². The molecule has 12 heteroatoms. The van der Waals surface area contributed by atoms with Crippen LogP contribution in [0.4, 0.5) is 0 Å². The predicted octanol–water partition coefficient (Wildman–Crippen LogP) is 3.03. The van der Waals surface area contributed by atoms with Gasteiger partial charge < -0.3 is 15.9 Å². The number of aromatic nitrogens is 1. The molecule has 34 heavy (non-hydrogen) atoms. The average Bonchev–Trinajstić information content (AvgIpc) is 3.30. The number of thiazole rings is 1. The summed E-state index contributed by atoms with van der Waals surface area (Å²) in [6, 6.07) is 1.11. The van der Waals surface area contributed by atoms with Crippen molar-refractivity contribution in [3.63, 3.8) is 0 Å². The fraction of sp³-hybridized carbons (Fsp3) is 0.500. The van der Waals surface area contributed by atoms with Gasteiger partial charge in [0.1, 0.15) is 12.1 Å². The summed E-state index contributed by atoms with van der Waals surface area (Å²) in [5.74, 6) is 0.726. The van der Waals surface area contributed by atoms with Gasteiger partial charge in [0.25, 0.3) is 10.0 Å². The average molecular weight is 530 g/mol. The lowest BCUT2D eigenvalue weighted by atomic mass is 9.91. The van der Waals surface area contributed by atoms with Crippen LogP contribution in [0.5, 0.6) is 5.75 Å². The van der Waals surface area contributed by atoms with Gasteiger partial charge in [-0.15, -0.1) is 28.1 Å². The number of aryl methyl sites for hydroxylation is 1. The molecule has 1 aliphatic rings. The molecule has 0 spiro atoms. The van der Waals surface area contributed by atoms with Gasteiger partial charge in [-0.1, -0.05) is 0 Å². The number of halogens is 1. The number of methoxy groups -OCH3 is 1. The van der Waals surface area contributed by atoms with Crippen molar-refractivity contribution in [2.24, 2.45) is 16.0 Å². The van der Waals surface area contributed by atoms with Crippen LogP contribution in [0.2, 0.25) is 0 Å². The van der Waals surface area contributed by atoms with Crippen molar-refractivity contribution in [1.29, 1.82) is 0 Å². The Labute approximate surface area is 211 Å². The van der Waals surface area contributed by atoms with Gasteiger partial charge in [-0.2, -0.15) is 8.42 Å². The molecule has 2 aromatic rings. The molecule has 2 heterocycles. The number of sulfonamides is 1. The van der Waals surface area contributed by atoms with E-state index in [-0.39, 0.29) is 29.0 Å². The molecule has 0 aliphatic carbocycles. The Morgan fingerprint density at radius 3 is 2.79 bits per heavy atom. The molecule has 0 amide bonds. The third-order valence-corrected chi connectivity index (χ3v) is 8.29. The minimum absolute atomic E-state index is 0. The van der Waals surface area contributed by atoms with Crippen molar-refractivity contribution in [2.45, 2.75) is 51.0 Å². The summed E-state index contributed by atoms with van der Waals surface area (Å²) in [4.78, 5) is 16.6. The molecular weight excluding hydrogens is 498 g/mol. The van der Waals surface area contributed by atoms with Crippen LogP contribution in [-0.4, -0.2) is 56.8 Å². The highest BCUT2D eigenvalue weighted by atomic mass is 35.5. The summed E-state index contributed by atoms with van der Waals surface area (Å²) >= 11 is 1.29. The van der Waals surface area contributed by atoms with E-state index in [2.05, 4.69) is 14.8 Å². The van der Waals surface area contributed by atoms with Crippen LogP contribution in [-0.2, 0) is 10.0 Å². The number of hydrogen-bond acceptors (Lipinski definition) is 8. The Morgan fingerprint density at radius 2 is 2.15 bits per heavy atom. The maximum Gasteiger partial charge on any atom is 0.284 e. The molecule has 3 N–H and O–H groups in total. The summed E-state index contributed by atoms with van der Waals surface area (Å²) in [5.41, 5.74) is 11.1. The zero-order valence-corrected chi connectivity index (χ0v) is 22.2. The summed E-state index contributed by atoms with van der Waals surface area (Å²) in [7, 11) is -2.32. The quantitative estimate of drug-likeness (QED) is 0.288. The van der Waals surface area contributed by atoms with E-state index < -0.39 is 16.1 Å². The van der Waals surface area contributed by atoms with Crippen LogP contribution in [0.15, 0.2) is 26.9 Å². The lowest BCUT2D eigenvalue weighted by Gasteiger charge is -2.33. The standard InChI is InChI=1S/C22H31N5O4S2.ClH/c1-14-10-19(31-4)15(2)16(3)21(14)33(29,30)26-13-25-27-8-5-6-17(12-27)11-18(23)20(28)22-24-7-9-32-22;/h7,9-10,13,17-18H,5-6,8,11-12,23H2,1-4H3,(H,25,26);1H/t17-,18+;/m1./s1. The molecule has 1 saturated heterocycles. The predicted molar refractivity (Wildman–Crippen MR) is 137 cm³/mol. The Hall–Kier alpha value is -2.05. The van der Waals surface area contributed by atoms with Crippen LogP contribution in [0.25, 0.3) is 0 Å². The first-order valence-electron chi connectivity index (χ1n) is 10.8. The number of nitrogens with two attached hydrogens (primary N) is 1. The van der Waals surface area contributed by atoms with Crippen LogP contribution in [0.1, 0.15) is 45.8 Å². The highest BCUT2D eigenvalue weighted by Gasteiger charge is 2.26. The molecule has 1 aromatic carbocycles. The second kappa shape index (κ2) is 12.1. The molecule has 1 aliphatic heterocycles. The summed E-state index contributed by atoms with van der Waals surface area (Å²) in [6.45, 7) is 6.71. The summed E-state index contributed by atoms with van der Waals surface area (Å²) < 4.78 is 35.0. The number of rotatable bonds is 9.